The van der Waals surface area contributed by atoms with Gasteiger partial charge in [0, 0.05) is 19.8 Å². The van der Waals surface area contributed by atoms with Gasteiger partial charge >= 0.3 is 0 Å². The van der Waals surface area contributed by atoms with Gasteiger partial charge in [-0.1, -0.05) is 0 Å². The lowest BCUT2D eigenvalue weighted by atomic mass is 10.1. The van der Waals surface area contributed by atoms with E-state index < -0.39 is 0 Å². The van der Waals surface area contributed by atoms with E-state index in [2.05, 4.69) is 45.0 Å². The third-order valence-corrected chi connectivity index (χ3v) is 2.22. The number of nitrogens with zero attached hydrogens (tertiary/aromatic N) is 1. The standard InChI is InChI=1S/C12H19NO.ClH/c1-6-14-11-7-9(2)12(13(4)5)10(3)8-11;/h7-8H,6H2,1-5H3;1H. The molecule has 15 heavy (non-hydrogen) atoms. The van der Waals surface area contributed by atoms with Gasteiger partial charge in [-0.15, -0.1) is 12.4 Å². The van der Waals surface area contributed by atoms with Crippen LogP contribution in [0.3, 0.4) is 0 Å². The van der Waals surface area contributed by atoms with Gasteiger partial charge in [0.15, 0.2) is 0 Å². The van der Waals surface area contributed by atoms with Gasteiger partial charge in [-0.3, -0.25) is 0 Å². The van der Waals surface area contributed by atoms with Crippen molar-refractivity contribution in [3.8, 4) is 5.75 Å². The molecule has 0 N–H and O–H groups in total. The molecule has 0 saturated heterocycles. The van der Waals surface area contributed by atoms with Crippen LogP contribution in [0, 0.1) is 13.8 Å². The van der Waals surface area contributed by atoms with Crippen molar-refractivity contribution in [1.29, 1.82) is 0 Å². The van der Waals surface area contributed by atoms with Gasteiger partial charge in [0.05, 0.1) is 6.61 Å². The van der Waals surface area contributed by atoms with Gasteiger partial charge in [-0.05, 0) is 44.0 Å². The second kappa shape index (κ2) is 5.86. The van der Waals surface area contributed by atoms with Crippen LogP contribution < -0.4 is 9.64 Å². The molecule has 0 aliphatic rings. The van der Waals surface area contributed by atoms with Crippen molar-refractivity contribution < 1.29 is 4.74 Å². The second-order valence-electron chi connectivity index (χ2n) is 3.73. The molecule has 0 spiro atoms. The summed E-state index contributed by atoms with van der Waals surface area (Å²) in [4.78, 5) is 2.14. The Kier molecular flexibility index (Phi) is 5.51. The Balaban J connectivity index is 0.00000196. The third kappa shape index (κ3) is 3.31. The summed E-state index contributed by atoms with van der Waals surface area (Å²) in [7, 11) is 4.13. The van der Waals surface area contributed by atoms with Crippen LogP contribution in [0.25, 0.3) is 0 Å². The Labute approximate surface area is 98.6 Å². The van der Waals surface area contributed by atoms with Crippen LogP contribution in [0.1, 0.15) is 18.1 Å². The molecule has 0 heterocycles. The lowest BCUT2D eigenvalue weighted by Crippen LogP contribution is -2.12. The molecule has 0 aliphatic heterocycles. The Bertz CT molecular complexity index is 300. The fourth-order valence-electron chi connectivity index (χ4n) is 1.87. The highest BCUT2D eigenvalue weighted by molar-refractivity contribution is 5.85. The summed E-state index contributed by atoms with van der Waals surface area (Å²) in [5, 5.41) is 0. The summed E-state index contributed by atoms with van der Waals surface area (Å²) in [6.45, 7) is 6.96. The van der Waals surface area contributed by atoms with Crippen molar-refractivity contribution in [1.82, 2.24) is 0 Å². The minimum atomic E-state index is 0. The Morgan fingerprint density at radius 1 is 1.13 bits per heavy atom. The van der Waals surface area contributed by atoms with Gasteiger partial charge < -0.3 is 9.64 Å². The zero-order valence-electron chi connectivity index (χ0n) is 10.1. The van der Waals surface area contributed by atoms with E-state index in [-0.39, 0.29) is 12.4 Å². The first-order chi connectivity index (χ1) is 6.56. The van der Waals surface area contributed by atoms with E-state index >= 15 is 0 Å². The topological polar surface area (TPSA) is 12.5 Å². The maximum absolute atomic E-state index is 5.48. The lowest BCUT2D eigenvalue weighted by Gasteiger charge is -2.19. The maximum Gasteiger partial charge on any atom is 0.119 e. The number of rotatable bonds is 3. The molecule has 0 radical (unpaired) electrons. The maximum atomic E-state index is 5.48. The molecule has 0 aromatic heterocycles. The van der Waals surface area contributed by atoms with Crippen LogP contribution in [-0.2, 0) is 0 Å². The summed E-state index contributed by atoms with van der Waals surface area (Å²) >= 11 is 0. The smallest absolute Gasteiger partial charge is 0.119 e. The predicted octanol–water partition coefficient (Wildman–Crippen LogP) is 3.19. The summed E-state index contributed by atoms with van der Waals surface area (Å²) in [6, 6.07) is 4.18. The highest BCUT2D eigenvalue weighted by atomic mass is 35.5. The van der Waals surface area contributed by atoms with Gasteiger partial charge in [0.2, 0.25) is 0 Å². The van der Waals surface area contributed by atoms with Crippen molar-refractivity contribution in [2.24, 2.45) is 0 Å². The van der Waals surface area contributed by atoms with Crippen molar-refractivity contribution in [2.75, 3.05) is 25.6 Å². The zero-order valence-corrected chi connectivity index (χ0v) is 10.9. The SMILES string of the molecule is CCOc1cc(C)c(N(C)C)c(C)c1.Cl. The molecule has 0 amide bonds. The zero-order chi connectivity index (χ0) is 10.7. The van der Waals surface area contributed by atoms with Gasteiger partial charge in [-0.2, -0.15) is 0 Å². The molecule has 0 fully saturated rings. The number of halogens is 1. The second-order valence-corrected chi connectivity index (χ2v) is 3.73. The predicted molar refractivity (Wildman–Crippen MR) is 68.7 cm³/mol. The summed E-state index contributed by atoms with van der Waals surface area (Å²) in [5.74, 6) is 0.966. The number of benzene rings is 1. The van der Waals surface area contributed by atoms with Crippen molar-refractivity contribution in [3.05, 3.63) is 23.3 Å². The van der Waals surface area contributed by atoms with Gasteiger partial charge in [-0.25, -0.2) is 0 Å². The van der Waals surface area contributed by atoms with E-state index in [9.17, 15) is 0 Å². The van der Waals surface area contributed by atoms with Crippen LogP contribution in [0.2, 0.25) is 0 Å². The van der Waals surface area contributed by atoms with Crippen molar-refractivity contribution >= 4 is 18.1 Å². The van der Waals surface area contributed by atoms with Crippen LogP contribution >= 0.6 is 12.4 Å². The number of hydrogen-bond acceptors (Lipinski definition) is 2. The summed E-state index contributed by atoms with van der Waals surface area (Å²) < 4.78 is 5.48. The van der Waals surface area contributed by atoms with Crippen molar-refractivity contribution in [2.45, 2.75) is 20.8 Å². The first-order valence-electron chi connectivity index (χ1n) is 4.97. The molecule has 0 saturated carbocycles. The fraction of sp³-hybridized carbons (Fsp3) is 0.500. The van der Waals surface area contributed by atoms with Gasteiger partial charge in [0.1, 0.15) is 5.75 Å². The van der Waals surface area contributed by atoms with E-state index in [0.29, 0.717) is 0 Å². The molecule has 0 bridgehead atoms. The number of anilines is 1. The van der Waals surface area contributed by atoms with Gasteiger partial charge in [0.25, 0.3) is 0 Å². The van der Waals surface area contributed by atoms with E-state index in [0.717, 1.165) is 12.4 Å². The molecule has 0 atom stereocenters. The largest absolute Gasteiger partial charge is 0.494 e. The van der Waals surface area contributed by atoms with Crippen LogP contribution in [0.15, 0.2) is 12.1 Å². The van der Waals surface area contributed by atoms with Crippen molar-refractivity contribution in [3.63, 3.8) is 0 Å². The normalized spacial score (nSPS) is 9.40. The average Bonchev–Trinajstić information content (AvgIpc) is 2.01. The summed E-state index contributed by atoms with van der Waals surface area (Å²) in [5.41, 5.74) is 3.81. The third-order valence-electron chi connectivity index (χ3n) is 2.22. The fourth-order valence-corrected chi connectivity index (χ4v) is 1.87. The van der Waals surface area contributed by atoms with Crippen LogP contribution in [0.4, 0.5) is 5.69 Å². The minimum Gasteiger partial charge on any atom is -0.494 e. The molecule has 1 aromatic rings. The highest BCUT2D eigenvalue weighted by Gasteiger charge is 2.06. The first kappa shape index (κ1) is 14.1. The summed E-state index contributed by atoms with van der Waals surface area (Å²) in [6.07, 6.45) is 0. The molecule has 3 heteroatoms. The molecule has 2 nitrogen and oxygen atoms in total. The average molecular weight is 230 g/mol. The lowest BCUT2D eigenvalue weighted by molar-refractivity contribution is 0.340. The van der Waals surface area contributed by atoms with E-state index in [1.807, 2.05) is 6.92 Å². The minimum absolute atomic E-state index is 0. The van der Waals surface area contributed by atoms with E-state index in [4.69, 9.17) is 4.74 Å². The Hall–Kier alpha value is -0.890. The van der Waals surface area contributed by atoms with E-state index in [1.54, 1.807) is 0 Å². The number of aryl methyl sites for hydroxylation is 2. The monoisotopic (exact) mass is 229 g/mol. The quantitative estimate of drug-likeness (QED) is 0.790. The molecular weight excluding hydrogens is 210 g/mol. The Morgan fingerprint density at radius 3 is 1.93 bits per heavy atom. The number of hydrogen-bond donors (Lipinski definition) is 0. The molecule has 0 aliphatic carbocycles. The molecule has 1 aromatic carbocycles. The first-order valence-corrected chi connectivity index (χ1v) is 4.97. The molecule has 0 unspecified atom stereocenters. The molecule has 86 valence electrons. The van der Waals surface area contributed by atoms with Crippen LogP contribution in [-0.4, -0.2) is 20.7 Å². The Morgan fingerprint density at radius 2 is 1.60 bits per heavy atom. The van der Waals surface area contributed by atoms with Crippen LogP contribution in [0.5, 0.6) is 5.75 Å². The highest BCUT2D eigenvalue weighted by Crippen LogP contribution is 2.27. The molecular formula is C12H20ClNO. The number of ether oxygens (including phenoxy) is 1. The molecule has 1 rings (SSSR count). The van der Waals surface area contributed by atoms with E-state index in [1.165, 1.54) is 16.8 Å².